The summed E-state index contributed by atoms with van der Waals surface area (Å²) < 4.78 is 25.7. The maximum Gasteiger partial charge on any atom is 0.243 e. The summed E-state index contributed by atoms with van der Waals surface area (Å²) in [6, 6.07) is 5.76. The number of hydrogen-bond donors (Lipinski definition) is 2. The van der Waals surface area contributed by atoms with Gasteiger partial charge in [-0.2, -0.15) is 4.31 Å². The molecule has 2 rings (SSSR count). The van der Waals surface area contributed by atoms with E-state index in [1.807, 2.05) is 0 Å². The van der Waals surface area contributed by atoms with Crippen LogP contribution >= 0.6 is 11.6 Å². The van der Waals surface area contributed by atoms with Crippen LogP contribution in [0.4, 0.5) is 0 Å². The highest BCUT2D eigenvalue weighted by molar-refractivity contribution is 7.89. The zero-order valence-corrected chi connectivity index (χ0v) is 13.9. The van der Waals surface area contributed by atoms with Gasteiger partial charge in [-0.1, -0.05) is 11.6 Å². The zero-order valence-electron chi connectivity index (χ0n) is 12.3. The fourth-order valence-electron chi connectivity index (χ4n) is 2.19. The molecule has 0 heterocycles. The van der Waals surface area contributed by atoms with Crippen molar-refractivity contribution in [3.05, 3.63) is 29.3 Å². The van der Waals surface area contributed by atoms with Crippen LogP contribution in [0.25, 0.3) is 0 Å². The standard InChI is InChI=1S/C14H20ClN3O3S/c1-18(9-14(19)17-13(8-16)10-2-3-10)22(20,21)12-6-4-11(15)5-7-12/h4-7,10,13H,2-3,8-9,16H2,1H3,(H,17,19). The Morgan fingerprint density at radius 3 is 2.50 bits per heavy atom. The lowest BCUT2D eigenvalue weighted by Gasteiger charge is -2.20. The summed E-state index contributed by atoms with van der Waals surface area (Å²) in [6.45, 7) is 0.123. The lowest BCUT2D eigenvalue weighted by Crippen LogP contribution is -2.46. The molecule has 0 spiro atoms. The third-order valence-corrected chi connectivity index (χ3v) is 5.75. The van der Waals surface area contributed by atoms with E-state index in [0.717, 1.165) is 17.1 Å². The normalized spacial score (nSPS) is 16.5. The van der Waals surface area contributed by atoms with Crippen molar-refractivity contribution in [1.29, 1.82) is 0 Å². The first-order valence-electron chi connectivity index (χ1n) is 7.06. The van der Waals surface area contributed by atoms with Crippen molar-refractivity contribution < 1.29 is 13.2 Å². The molecule has 1 amide bonds. The number of benzene rings is 1. The van der Waals surface area contributed by atoms with Crippen LogP contribution in [0.3, 0.4) is 0 Å². The molecule has 1 aliphatic rings. The molecule has 1 aliphatic carbocycles. The lowest BCUT2D eigenvalue weighted by atomic mass is 10.2. The van der Waals surface area contributed by atoms with Gasteiger partial charge in [0.25, 0.3) is 0 Å². The maximum atomic E-state index is 12.4. The molecule has 1 saturated carbocycles. The summed E-state index contributed by atoms with van der Waals surface area (Å²) in [4.78, 5) is 12.1. The van der Waals surface area contributed by atoms with Gasteiger partial charge in [-0.3, -0.25) is 4.79 Å². The van der Waals surface area contributed by atoms with Crippen LogP contribution in [0.1, 0.15) is 12.8 Å². The van der Waals surface area contributed by atoms with Gasteiger partial charge in [0, 0.05) is 24.7 Å². The van der Waals surface area contributed by atoms with E-state index in [0.29, 0.717) is 17.5 Å². The van der Waals surface area contributed by atoms with Crippen molar-refractivity contribution in [2.24, 2.45) is 11.7 Å². The summed E-state index contributed by atoms with van der Waals surface area (Å²) in [6.07, 6.45) is 2.11. The topological polar surface area (TPSA) is 92.5 Å². The van der Waals surface area contributed by atoms with Gasteiger partial charge in [0.2, 0.25) is 15.9 Å². The number of hydrogen-bond acceptors (Lipinski definition) is 4. The van der Waals surface area contributed by atoms with Gasteiger partial charge in [0.1, 0.15) is 0 Å². The Kier molecular flexibility index (Phi) is 5.44. The number of carbonyl (C=O) groups is 1. The van der Waals surface area contributed by atoms with Crippen molar-refractivity contribution in [2.75, 3.05) is 20.1 Å². The molecule has 1 aromatic carbocycles. The van der Waals surface area contributed by atoms with Crippen molar-refractivity contribution >= 4 is 27.5 Å². The minimum Gasteiger partial charge on any atom is -0.351 e. The number of carbonyl (C=O) groups excluding carboxylic acids is 1. The number of nitrogens with zero attached hydrogens (tertiary/aromatic N) is 1. The summed E-state index contributed by atoms with van der Waals surface area (Å²) in [5.74, 6) is 0.0783. The van der Waals surface area contributed by atoms with Crippen LogP contribution in [0.15, 0.2) is 29.2 Å². The second kappa shape index (κ2) is 6.95. The monoisotopic (exact) mass is 345 g/mol. The van der Waals surface area contributed by atoms with Crippen LogP contribution < -0.4 is 11.1 Å². The van der Waals surface area contributed by atoms with E-state index < -0.39 is 10.0 Å². The van der Waals surface area contributed by atoms with Gasteiger partial charge in [-0.05, 0) is 43.0 Å². The number of likely N-dealkylation sites (N-methyl/N-ethyl adjacent to an activating group) is 1. The molecule has 0 saturated heterocycles. The predicted molar refractivity (Wildman–Crippen MR) is 85.0 cm³/mol. The van der Waals surface area contributed by atoms with Gasteiger partial charge in [0.05, 0.1) is 11.4 Å². The summed E-state index contributed by atoms with van der Waals surface area (Å²) in [7, 11) is -2.34. The van der Waals surface area contributed by atoms with Gasteiger partial charge < -0.3 is 11.1 Å². The number of nitrogens with two attached hydrogens (primary N) is 1. The Bertz CT molecular complexity index is 629. The Morgan fingerprint density at radius 1 is 1.41 bits per heavy atom. The molecule has 1 aromatic rings. The van der Waals surface area contributed by atoms with Gasteiger partial charge in [0.15, 0.2) is 0 Å². The number of halogens is 1. The molecule has 1 unspecified atom stereocenters. The Labute approximate surface area is 135 Å². The van der Waals surface area contributed by atoms with Gasteiger partial charge >= 0.3 is 0 Å². The van der Waals surface area contributed by atoms with Crippen molar-refractivity contribution in [2.45, 2.75) is 23.8 Å². The average Bonchev–Trinajstić information content (AvgIpc) is 3.29. The molecule has 1 atom stereocenters. The third-order valence-electron chi connectivity index (χ3n) is 3.68. The molecule has 1 fully saturated rings. The van der Waals surface area contributed by atoms with E-state index in [2.05, 4.69) is 5.32 Å². The molecule has 6 nitrogen and oxygen atoms in total. The van der Waals surface area contributed by atoms with Gasteiger partial charge in [-0.25, -0.2) is 8.42 Å². The van der Waals surface area contributed by atoms with E-state index in [4.69, 9.17) is 17.3 Å². The molecular weight excluding hydrogens is 326 g/mol. The van der Waals surface area contributed by atoms with Crippen molar-refractivity contribution in [3.8, 4) is 0 Å². The van der Waals surface area contributed by atoms with Crippen LogP contribution in [-0.2, 0) is 14.8 Å². The molecular formula is C14H20ClN3O3S. The quantitative estimate of drug-likeness (QED) is 0.765. The maximum absolute atomic E-state index is 12.4. The zero-order chi connectivity index (χ0) is 16.3. The highest BCUT2D eigenvalue weighted by Gasteiger charge is 2.32. The number of sulfonamides is 1. The second-order valence-corrected chi connectivity index (χ2v) is 7.94. The summed E-state index contributed by atoms with van der Waals surface area (Å²) >= 11 is 5.75. The molecule has 122 valence electrons. The van der Waals surface area contributed by atoms with Crippen LogP contribution in [0.5, 0.6) is 0 Å². The Morgan fingerprint density at radius 2 is 2.00 bits per heavy atom. The molecule has 8 heteroatoms. The summed E-state index contributed by atoms with van der Waals surface area (Å²) in [5.41, 5.74) is 5.62. The summed E-state index contributed by atoms with van der Waals surface area (Å²) in [5, 5.41) is 3.25. The number of rotatable bonds is 7. The van der Waals surface area contributed by atoms with E-state index >= 15 is 0 Å². The Hall–Kier alpha value is -1.15. The minimum atomic E-state index is -3.72. The van der Waals surface area contributed by atoms with Crippen LogP contribution in [0.2, 0.25) is 5.02 Å². The van der Waals surface area contributed by atoms with Crippen molar-refractivity contribution in [1.82, 2.24) is 9.62 Å². The van der Waals surface area contributed by atoms with Gasteiger partial charge in [-0.15, -0.1) is 0 Å². The van der Waals surface area contributed by atoms with E-state index in [1.54, 1.807) is 0 Å². The minimum absolute atomic E-state index is 0.0702. The van der Waals surface area contributed by atoms with Crippen LogP contribution in [0, 0.1) is 5.92 Å². The number of amides is 1. The molecule has 0 radical (unpaired) electrons. The second-order valence-electron chi connectivity index (χ2n) is 5.46. The first kappa shape index (κ1) is 17.2. The molecule has 0 aliphatic heterocycles. The van der Waals surface area contributed by atoms with Crippen molar-refractivity contribution in [3.63, 3.8) is 0 Å². The first-order valence-corrected chi connectivity index (χ1v) is 8.87. The largest absolute Gasteiger partial charge is 0.351 e. The predicted octanol–water partition coefficient (Wildman–Crippen LogP) is 0.814. The lowest BCUT2D eigenvalue weighted by molar-refractivity contribution is -0.121. The first-order chi connectivity index (χ1) is 10.3. The van der Waals surface area contributed by atoms with E-state index in [9.17, 15) is 13.2 Å². The van der Waals surface area contributed by atoms with Crippen LogP contribution in [-0.4, -0.2) is 44.8 Å². The molecule has 0 aromatic heterocycles. The molecule has 22 heavy (non-hydrogen) atoms. The van der Waals surface area contributed by atoms with E-state index in [-0.39, 0.29) is 23.4 Å². The Balaban J connectivity index is 1.99. The number of nitrogens with one attached hydrogen (secondary N) is 1. The highest BCUT2D eigenvalue weighted by Crippen LogP contribution is 2.32. The third kappa shape index (κ3) is 4.19. The fraction of sp³-hybridized carbons (Fsp3) is 0.500. The highest BCUT2D eigenvalue weighted by atomic mass is 35.5. The average molecular weight is 346 g/mol. The van der Waals surface area contributed by atoms with E-state index in [1.165, 1.54) is 31.3 Å². The molecule has 0 bridgehead atoms. The SMILES string of the molecule is CN(CC(=O)NC(CN)C1CC1)S(=O)(=O)c1ccc(Cl)cc1. The smallest absolute Gasteiger partial charge is 0.243 e. The fourth-order valence-corrected chi connectivity index (χ4v) is 3.45. The molecule has 3 N–H and O–H groups in total.